The van der Waals surface area contributed by atoms with Crippen LogP contribution in [0.25, 0.3) is 0 Å². The van der Waals surface area contributed by atoms with Crippen LogP contribution in [0, 0.1) is 0 Å². The van der Waals surface area contributed by atoms with Gasteiger partial charge in [-0.1, -0.05) is 330 Å². The average Bonchev–Trinajstić information content (AvgIpc) is 3.50. The fourth-order valence-corrected chi connectivity index (χ4v) is 10.2. The Balaban J connectivity index is 4.05. The van der Waals surface area contributed by atoms with Gasteiger partial charge in [0.1, 0.15) is 13.2 Å². The highest BCUT2D eigenvalue weighted by Gasteiger charge is 2.19. The maximum Gasteiger partial charge on any atom is 0.306 e. The van der Waals surface area contributed by atoms with Gasteiger partial charge >= 0.3 is 17.9 Å². The van der Waals surface area contributed by atoms with Crippen LogP contribution in [-0.4, -0.2) is 37.2 Å². The molecule has 0 bridgehead atoms. The van der Waals surface area contributed by atoms with E-state index in [2.05, 4.69) is 118 Å². The van der Waals surface area contributed by atoms with Gasteiger partial charge in [0.05, 0.1) is 0 Å². The van der Waals surface area contributed by atoms with Gasteiger partial charge in [0.15, 0.2) is 6.10 Å². The van der Waals surface area contributed by atoms with Gasteiger partial charge < -0.3 is 14.2 Å². The quantitative estimate of drug-likeness (QED) is 0.0261. The summed E-state index contributed by atoms with van der Waals surface area (Å²) in [6.07, 6.45) is 96.1. The molecule has 0 rings (SSSR count). The van der Waals surface area contributed by atoms with Crippen molar-refractivity contribution in [2.75, 3.05) is 13.2 Å². The van der Waals surface area contributed by atoms with Crippen molar-refractivity contribution in [1.82, 2.24) is 0 Å². The van der Waals surface area contributed by atoms with Gasteiger partial charge in [-0.15, -0.1) is 0 Å². The van der Waals surface area contributed by atoms with Crippen LogP contribution in [-0.2, 0) is 28.6 Å². The van der Waals surface area contributed by atoms with Crippen LogP contribution in [0.1, 0.15) is 355 Å². The van der Waals surface area contributed by atoms with E-state index in [4.69, 9.17) is 14.2 Å². The predicted molar refractivity (Wildman–Crippen MR) is 362 cm³/mol. The number of hydrogen-bond donors (Lipinski definition) is 0. The number of ether oxygens (including phenoxy) is 3. The van der Waals surface area contributed by atoms with Crippen molar-refractivity contribution in [1.29, 1.82) is 0 Å². The van der Waals surface area contributed by atoms with Crippen molar-refractivity contribution >= 4 is 17.9 Å². The van der Waals surface area contributed by atoms with E-state index in [-0.39, 0.29) is 31.1 Å². The minimum Gasteiger partial charge on any atom is -0.462 e. The highest BCUT2D eigenvalue weighted by atomic mass is 16.6. The Hall–Kier alpha value is -3.67. The molecule has 478 valence electrons. The van der Waals surface area contributed by atoms with Crippen molar-refractivity contribution in [3.05, 3.63) is 97.2 Å². The van der Waals surface area contributed by atoms with E-state index in [0.29, 0.717) is 19.3 Å². The summed E-state index contributed by atoms with van der Waals surface area (Å²) >= 11 is 0. The largest absolute Gasteiger partial charge is 0.462 e. The van der Waals surface area contributed by atoms with Crippen LogP contribution in [0.2, 0.25) is 0 Å². The third-order valence-corrected chi connectivity index (χ3v) is 15.6. The monoisotopic (exact) mass is 1160 g/mol. The van der Waals surface area contributed by atoms with E-state index in [1.807, 2.05) is 0 Å². The Morgan fingerprint density at radius 1 is 0.253 bits per heavy atom. The lowest BCUT2D eigenvalue weighted by molar-refractivity contribution is -0.167. The van der Waals surface area contributed by atoms with Gasteiger partial charge in [-0.05, 0) is 103 Å². The number of carbonyl (C=O) groups is 3. The van der Waals surface area contributed by atoms with Gasteiger partial charge in [0, 0.05) is 19.3 Å². The highest BCUT2D eigenvalue weighted by Crippen LogP contribution is 2.17. The molecule has 6 nitrogen and oxygen atoms in total. The van der Waals surface area contributed by atoms with Crippen molar-refractivity contribution in [2.24, 2.45) is 0 Å². The first-order valence-corrected chi connectivity index (χ1v) is 35.7. The van der Waals surface area contributed by atoms with Gasteiger partial charge in [-0.2, -0.15) is 0 Å². The molecule has 0 fully saturated rings. The molecule has 0 heterocycles. The van der Waals surface area contributed by atoms with Crippen LogP contribution in [0.3, 0.4) is 0 Å². The second-order valence-corrected chi connectivity index (χ2v) is 23.8. The van der Waals surface area contributed by atoms with Crippen LogP contribution in [0.5, 0.6) is 0 Å². The maximum absolute atomic E-state index is 12.9. The van der Waals surface area contributed by atoms with E-state index in [9.17, 15) is 14.4 Å². The second kappa shape index (κ2) is 70.8. The van der Waals surface area contributed by atoms with Crippen LogP contribution < -0.4 is 0 Å². The lowest BCUT2D eigenvalue weighted by atomic mass is 10.0. The molecule has 6 heteroatoms. The summed E-state index contributed by atoms with van der Waals surface area (Å²) in [5.41, 5.74) is 0. The number of esters is 3. The Morgan fingerprint density at radius 3 is 0.735 bits per heavy atom. The zero-order valence-electron chi connectivity index (χ0n) is 54.9. The van der Waals surface area contributed by atoms with E-state index < -0.39 is 6.10 Å². The SMILES string of the molecule is CC/C=C\C/C=C\C/C=C\C/C=C\C/C=C\CCCCCCCCCCCC(=O)OC(COC(=O)CCCCCCCCC)COC(=O)CCCCCCCCCCCCCCCCCCCC/C=C\C/C=C\C/C=C\CCCCCCC. The Kier molecular flexibility index (Phi) is 67.7. The molecule has 0 aliphatic heterocycles. The summed E-state index contributed by atoms with van der Waals surface area (Å²) in [7, 11) is 0. The number of hydrogen-bond acceptors (Lipinski definition) is 6. The van der Waals surface area contributed by atoms with E-state index >= 15 is 0 Å². The third-order valence-electron chi connectivity index (χ3n) is 15.6. The van der Waals surface area contributed by atoms with Crippen molar-refractivity contribution in [3.8, 4) is 0 Å². The maximum atomic E-state index is 12.9. The summed E-state index contributed by atoms with van der Waals surface area (Å²) in [5.74, 6) is -0.875. The first-order chi connectivity index (χ1) is 41.0. The van der Waals surface area contributed by atoms with Crippen molar-refractivity contribution in [2.45, 2.75) is 361 Å². The molecule has 0 saturated carbocycles. The molecule has 0 N–H and O–H groups in total. The molecular formula is C77H134O6. The minimum absolute atomic E-state index is 0.0762. The van der Waals surface area contributed by atoms with E-state index in [1.54, 1.807) is 0 Å². The summed E-state index contributed by atoms with van der Waals surface area (Å²) < 4.78 is 16.9. The van der Waals surface area contributed by atoms with Crippen LogP contribution in [0.15, 0.2) is 97.2 Å². The topological polar surface area (TPSA) is 78.9 Å². The smallest absolute Gasteiger partial charge is 0.306 e. The molecule has 0 aromatic rings. The predicted octanol–water partition coefficient (Wildman–Crippen LogP) is 24.8. The first kappa shape index (κ1) is 79.3. The number of carbonyl (C=O) groups excluding carboxylic acids is 3. The molecule has 0 radical (unpaired) electrons. The number of rotatable bonds is 65. The Bertz CT molecular complexity index is 1610. The summed E-state index contributed by atoms with van der Waals surface area (Å²) in [4.78, 5) is 38.2. The Morgan fingerprint density at radius 2 is 0.470 bits per heavy atom. The molecule has 1 unspecified atom stereocenters. The van der Waals surface area contributed by atoms with Gasteiger partial charge in [0.2, 0.25) is 0 Å². The summed E-state index contributed by atoms with van der Waals surface area (Å²) in [5, 5.41) is 0. The zero-order chi connectivity index (χ0) is 59.9. The van der Waals surface area contributed by atoms with Gasteiger partial charge in [0.25, 0.3) is 0 Å². The molecular weight excluding hydrogens is 1020 g/mol. The van der Waals surface area contributed by atoms with E-state index in [0.717, 1.165) is 109 Å². The molecule has 0 aromatic heterocycles. The van der Waals surface area contributed by atoms with Gasteiger partial charge in [-0.25, -0.2) is 0 Å². The molecule has 0 spiro atoms. The average molecular weight is 1160 g/mol. The molecule has 0 aliphatic rings. The lowest BCUT2D eigenvalue weighted by Gasteiger charge is -2.18. The number of allylic oxidation sites excluding steroid dienone is 16. The molecule has 0 saturated heterocycles. The molecule has 0 aliphatic carbocycles. The Labute approximate surface area is 515 Å². The fraction of sp³-hybridized carbons (Fsp3) is 0.753. The van der Waals surface area contributed by atoms with Crippen molar-refractivity contribution in [3.63, 3.8) is 0 Å². The van der Waals surface area contributed by atoms with Crippen LogP contribution in [0.4, 0.5) is 0 Å². The highest BCUT2D eigenvalue weighted by molar-refractivity contribution is 5.71. The third kappa shape index (κ3) is 69.0. The van der Waals surface area contributed by atoms with E-state index in [1.165, 1.54) is 205 Å². The first-order valence-electron chi connectivity index (χ1n) is 35.7. The molecule has 1 atom stereocenters. The molecule has 0 amide bonds. The second-order valence-electron chi connectivity index (χ2n) is 23.8. The fourth-order valence-electron chi connectivity index (χ4n) is 10.2. The number of unbranched alkanes of at least 4 members (excludes halogenated alkanes) is 38. The molecule has 83 heavy (non-hydrogen) atoms. The normalized spacial score (nSPS) is 12.7. The summed E-state index contributed by atoms with van der Waals surface area (Å²) in [6.45, 7) is 6.50. The zero-order valence-corrected chi connectivity index (χ0v) is 54.9. The lowest BCUT2D eigenvalue weighted by Crippen LogP contribution is -2.30. The van der Waals surface area contributed by atoms with Gasteiger partial charge in [-0.3, -0.25) is 14.4 Å². The minimum atomic E-state index is -0.778. The summed E-state index contributed by atoms with van der Waals surface area (Å²) in [6, 6.07) is 0. The molecule has 0 aromatic carbocycles. The van der Waals surface area contributed by atoms with Crippen LogP contribution >= 0.6 is 0 Å². The standard InChI is InChI=1S/C77H134O6/c1-4-7-10-13-16-18-20-22-24-26-28-30-32-34-35-36-37-38-39-40-41-43-44-46-48-50-52-54-56-58-61-64-67-70-76(79)82-73-74(72-81-75(78)69-66-63-60-15-12-9-6-3)83-77(80)71-68-65-62-59-57-55-53-51-49-47-45-42-33-31-29-27-25-23-21-19-17-14-11-8-5-2/h8,11,17,19-20,22-23,25-26,28-29,31-32,34,42,45,74H,4-7,9-10,12-16,18,21,24,27,30,33,35-41,43-44,46-73H2,1-3H3/b11-8-,19-17-,22-20-,25-23-,28-26-,31-29-,34-32-,45-42-. The van der Waals surface area contributed by atoms with Crippen molar-refractivity contribution < 1.29 is 28.6 Å².